The Morgan fingerprint density at radius 1 is 0.731 bits per heavy atom. The average Bonchev–Trinajstić information content (AvgIpc) is 2.71. The van der Waals surface area contributed by atoms with Crippen LogP contribution in [-0.2, 0) is 4.74 Å². The molecule has 4 aromatic carbocycles. The standard InChI is InChI=1S/C22H14N2O2/c1-26-22(25)13-10-11-18-19(12-13)24-21-17-9-5-3-7-15(17)14-6-2-4-8-16(14)20(21)23-18/h2-12H,1H3. The zero-order valence-corrected chi connectivity index (χ0v) is 14.1. The minimum atomic E-state index is -0.378. The Balaban J connectivity index is 1.98. The molecule has 0 radical (unpaired) electrons. The van der Waals surface area contributed by atoms with Crippen LogP contribution in [0.5, 0.6) is 0 Å². The molecule has 4 heteroatoms. The van der Waals surface area contributed by atoms with Gasteiger partial charge in [-0.3, -0.25) is 0 Å². The van der Waals surface area contributed by atoms with Crippen molar-refractivity contribution >= 4 is 49.6 Å². The molecule has 0 aliphatic rings. The molecule has 5 aromatic rings. The predicted molar refractivity (Wildman–Crippen MR) is 103 cm³/mol. The molecule has 0 saturated heterocycles. The maximum Gasteiger partial charge on any atom is 0.337 e. The Kier molecular flexibility index (Phi) is 3.12. The van der Waals surface area contributed by atoms with Gasteiger partial charge < -0.3 is 4.74 Å². The predicted octanol–water partition coefficient (Wildman–Crippen LogP) is 4.88. The van der Waals surface area contributed by atoms with Crippen molar-refractivity contribution in [3.05, 3.63) is 72.3 Å². The van der Waals surface area contributed by atoms with Crippen LogP contribution in [-0.4, -0.2) is 23.0 Å². The first-order chi connectivity index (χ1) is 12.8. The van der Waals surface area contributed by atoms with Crippen LogP contribution in [0.4, 0.5) is 0 Å². The number of rotatable bonds is 1. The van der Waals surface area contributed by atoms with Gasteiger partial charge in [-0.05, 0) is 29.0 Å². The van der Waals surface area contributed by atoms with Gasteiger partial charge in [0.05, 0.1) is 34.7 Å². The first kappa shape index (κ1) is 14.8. The quantitative estimate of drug-likeness (QED) is 0.248. The van der Waals surface area contributed by atoms with Crippen molar-refractivity contribution in [2.75, 3.05) is 7.11 Å². The molecule has 0 aliphatic heterocycles. The van der Waals surface area contributed by atoms with E-state index in [1.807, 2.05) is 30.3 Å². The van der Waals surface area contributed by atoms with Crippen molar-refractivity contribution in [2.45, 2.75) is 0 Å². The highest BCUT2D eigenvalue weighted by molar-refractivity contribution is 6.23. The highest BCUT2D eigenvalue weighted by atomic mass is 16.5. The number of hydrogen-bond acceptors (Lipinski definition) is 4. The Hall–Kier alpha value is -3.53. The molecule has 0 amide bonds. The number of carbonyl (C=O) groups is 1. The van der Waals surface area contributed by atoms with Crippen LogP contribution in [0.15, 0.2) is 66.7 Å². The van der Waals surface area contributed by atoms with Gasteiger partial charge in [0, 0.05) is 10.8 Å². The van der Waals surface area contributed by atoms with E-state index in [0.717, 1.165) is 38.1 Å². The minimum Gasteiger partial charge on any atom is -0.465 e. The molecule has 0 atom stereocenters. The Bertz CT molecular complexity index is 1340. The molecule has 0 aliphatic carbocycles. The highest BCUT2D eigenvalue weighted by Gasteiger charge is 2.13. The van der Waals surface area contributed by atoms with Crippen molar-refractivity contribution in [3.63, 3.8) is 0 Å². The summed E-state index contributed by atoms with van der Waals surface area (Å²) in [5.74, 6) is -0.378. The number of carbonyl (C=O) groups excluding carboxylic acids is 1. The summed E-state index contributed by atoms with van der Waals surface area (Å²) in [5, 5.41) is 4.44. The molecule has 0 bridgehead atoms. The summed E-state index contributed by atoms with van der Waals surface area (Å²) in [4.78, 5) is 21.6. The third-order valence-electron chi connectivity index (χ3n) is 4.74. The second-order valence-corrected chi connectivity index (χ2v) is 6.21. The maximum absolute atomic E-state index is 11.8. The number of aromatic nitrogens is 2. The fraction of sp³-hybridized carbons (Fsp3) is 0.0455. The van der Waals surface area contributed by atoms with Crippen molar-refractivity contribution in [3.8, 4) is 0 Å². The molecule has 5 rings (SSSR count). The monoisotopic (exact) mass is 338 g/mol. The molecule has 0 spiro atoms. The van der Waals surface area contributed by atoms with Crippen molar-refractivity contribution < 1.29 is 9.53 Å². The van der Waals surface area contributed by atoms with E-state index in [0.29, 0.717) is 11.1 Å². The smallest absolute Gasteiger partial charge is 0.337 e. The van der Waals surface area contributed by atoms with E-state index in [2.05, 4.69) is 24.3 Å². The molecule has 0 saturated carbocycles. The summed E-state index contributed by atoms with van der Waals surface area (Å²) in [7, 11) is 1.37. The molecule has 124 valence electrons. The second kappa shape index (κ2) is 5.49. The molecule has 4 nitrogen and oxygen atoms in total. The molecule has 1 aromatic heterocycles. The van der Waals surface area contributed by atoms with Crippen molar-refractivity contribution in [1.29, 1.82) is 0 Å². The summed E-state index contributed by atoms with van der Waals surface area (Å²) in [6.45, 7) is 0. The van der Waals surface area contributed by atoms with E-state index < -0.39 is 0 Å². The number of methoxy groups -OCH3 is 1. The summed E-state index contributed by atoms with van der Waals surface area (Å²) < 4.78 is 4.81. The van der Waals surface area contributed by atoms with E-state index in [9.17, 15) is 4.79 Å². The van der Waals surface area contributed by atoms with Gasteiger partial charge in [0.25, 0.3) is 0 Å². The molecule has 26 heavy (non-hydrogen) atoms. The van der Waals surface area contributed by atoms with E-state index in [1.54, 1.807) is 12.1 Å². The fourth-order valence-corrected chi connectivity index (χ4v) is 3.52. The van der Waals surface area contributed by atoms with Crippen LogP contribution < -0.4 is 0 Å². The first-order valence-corrected chi connectivity index (χ1v) is 8.35. The van der Waals surface area contributed by atoms with Crippen molar-refractivity contribution in [2.24, 2.45) is 0 Å². The number of esters is 1. The molecule has 1 heterocycles. The Morgan fingerprint density at radius 2 is 1.27 bits per heavy atom. The van der Waals surface area contributed by atoms with Gasteiger partial charge in [-0.25, -0.2) is 14.8 Å². The minimum absolute atomic E-state index is 0.378. The number of hydrogen-bond donors (Lipinski definition) is 0. The van der Waals surface area contributed by atoms with Gasteiger partial charge in [-0.2, -0.15) is 0 Å². The number of nitrogens with zero attached hydrogens (tertiary/aromatic N) is 2. The zero-order valence-electron chi connectivity index (χ0n) is 14.1. The summed E-state index contributed by atoms with van der Waals surface area (Å²) in [6, 6.07) is 21.7. The van der Waals surface area contributed by atoms with E-state index in [-0.39, 0.29) is 5.97 Å². The fourth-order valence-electron chi connectivity index (χ4n) is 3.52. The van der Waals surface area contributed by atoms with Gasteiger partial charge in [0.1, 0.15) is 0 Å². The third-order valence-corrected chi connectivity index (χ3v) is 4.74. The zero-order chi connectivity index (χ0) is 17.7. The topological polar surface area (TPSA) is 52.1 Å². The number of benzene rings is 4. The number of ether oxygens (including phenoxy) is 1. The van der Waals surface area contributed by atoms with Crippen LogP contribution in [0.3, 0.4) is 0 Å². The van der Waals surface area contributed by atoms with E-state index in [1.165, 1.54) is 7.11 Å². The van der Waals surface area contributed by atoms with Gasteiger partial charge in [-0.1, -0.05) is 48.5 Å². The van der Waals surface area contributed by atoms with E-state index >= 15 is 0 Å². The summed E-state index contributed by atoms with van der Waals surface area (Å²) >= 11 is 0. The van der Waals surface area contributed by atoms with Crippen LogP contribution in [0.1, 0.15) is 10.4 Å². The SMILES string of the molecule is COC(=O)c1ccc2nc3c4ccccc4c4ccccc4c3nc2c1. The molecule has 0 N–H and O–H groups in total. The van der Waals surface area contributed by atoms with Crippen LogP contribution in [0.25, 0.3) is 43.6 Å². The average molecular weight is 338 g/mol. The Labute approximate surface area is 149 Å². The molecule has 0 unspecified atom stereocenters. The summed E-state index contributed by atoms with van der Waals surface area (Å²) in [6.07, 6.45) is 0. The van der Waals surface area contributed by atoms with Crippen LogP contribution in [0, 0.1) is 0 Å². The summed E-state index contributed by atoms with van der Waals surface area (Å²) in [5.41, 5.74) is 3.62. The molecular weight excluding hydrogens is 324 g/mol. The molecule has 0 fully saturated rings. The van der Waals surface area contributed by atoms with Crippen molar-refractivity contribution in [1.82, 2.24) is 9.97 Å². The first-order valence-electron chi connectivity index (χ1n) is 8.35. The normalized spacial score (nSPS) is 11.4. The maximum atomic E-state index is 11.8. The lowest BCUT2D eigenvalue weighted by atomic mass is 9.99. The van der Waals surface area contributed by atoms with Gasteiger partial charge in [0.2, 0.25) is 0 Å². The largest absolute Gasteiger partial charge is 0.465 e. The third kappa shape index (κ3) is 2.05. The molecular formula is C22H14N2O2. The Morgan fingerprint density at radius 3 is 1.85 bits per heavy atom. The highest BCUT2D eigenvalue weighted by Crippen LogP contribution is 2.33. The lowest BCUT2D eigenvalue weighted by molar-refractivity contribution is 0.0601. The lowest BCUT2D eigenvalue weighted by Crippen LogP contribution is -2.01. The second-order valence-electron chi connectivity index (χ2n) is 6.21. The van der Waals surface area contributed by atoms with Gasteiger partial charge in [-0.15, -0.1) is 0 Å². The van der Waals surface area contributed by atoms with Crippen LogP contribution in [0.2, 0.25) is 0 Å². The number of fused-ring (bicyclic) bond motifs is 7. The van der Waals surface area contributed by atoms with Gasteiger partial charge >= 0.3 is 5.97 Å². The van der Waals surface area contributed by atoms with Crippen LogP contribution >= 0.6 is 0 Å². The van der Waals surface area contributed by atoms with Gasteiger partial charge in [0.15, 0.2) is 0 Å². The van der Waals surface area contributed by atoms with E-state index in [4.69, 9.17) is 14.7 Å². The lowest BCUT2D eigenvalue weighted by Gasteiger charge is -2.10.